The van der Waals surface area contributed by atoms with E-state index < -0.39 is 17.3 Å². The lowest BCUT2D eigenvalue weighted by Crippen LogP contribution is -2.35. The number of aromatic nitrogens is 5. The molecule has 0 fully saturated rings. The molecule has 0 spiro atoms. The van der Waals surface area contributed by atoms with E-state index in [4.69, 9.17) is 0 Å². The van der Waals surface area contributed by atoms with Gasteiger partial charge in [-0.3, -0.25) is 25.1 Å². The van der Waals surface area contributed by atoms with Crippen molar-refractivity contribution in [3.8, 4) is 22.6 Å². The standard InChI is InChI=1S/C24H17FN6O2/c1-14-4-2-6-17(12-14)22-27-20-19(16-5-3-7-18(25)13-16)28-29-21(20)24(33)31(22)30-23(32)15-8-10-26-11-9-15/h2-13H,1H3,(H,28,29)(H,30,32). The summed E-state index contributed by atoms with van der Waals surface area (Å²) in [4.78, 5) is 34.8. The number of aryl methyl sites for hydroxylation is 1. The van der Waals surface area contributed by atoms with E-state index in [9.17, 15) is 14.0 Å². The number of rotatable bonds is 4. The van der Waals surface area contributed by atoms with Gasteiger partial charge in [0.25, 0.3) is 11.5 Å². The third kappa shape index (κ3) is 3.76. The van der Waals surface area contributed by atoms with Crippen LogP contribution in [0, 0.1) is 12.7 Å². The fraction of sp³-hybridized carbons (Fsp3) is 0.0417. The zero-order valence-electron chi connectivity index (χ0n) is 17.4. The van der Waals surface area contributed by atoms with Crippen LogP contribution >= 0.6 is 0 Å². The summed E-state index contributed by atoms with van der Waals surface area (Å²) >= 11 is 0. The molecular weight excluding hydrogens is 423 g/mol. The van der Waals surface area contributed by atoms with Crippen molar-refractivity contribution in [1.29, 1.82) is 0 Å². The highest BCUT2D eigenvalue weighted by molar-refractivity contribution is 6.00. The number of benzene rings is 2. The van der Waals surface area contributed by atoms with Crippen LogP contribution in [0.3, 0.4) is 0 Å². The molecule has 5 aromatic rings. The molecular formula is C24H17FN6O2. The maximum atomic E-state index is 13.8. The third-order valence-corrected chi connectivity index (χ3v) is 5.12. The Balaban J connectivity index is 1.73. The van der Waals surface area contributed by atoms with Crippen LogP contribution in [0.5, 0.6) is 0 Å². The van der Waals surface area contributed by atoms with Crippen LogP contribution in [0.2, 0.25) is 0 Å². The summed E-state index contributed by atoms with van der Waals surface area (Å²) in [5, 5.41) is 6.90. The summed E-state index contributed by atoms with van der Waals surface area (Å²) in [5.74, 6) is -0.711. The fourth-order valence-corrected chi connectivity index (χ4v) is 3.55. The summed E-state index contributed by atoms with van der Waals surface area (Å²) in [6, 6.07) is 16.4. The monoisotopic (exact) mass is 440 g/mol. The number of carbonyl (C=O) groups excluding carboxylic acids is 1. The number of carbonyl (C=O) groups is 1. The lowest BCUT2D eigenvalue weighted by molar-refractivity contribution is 0.101. The summed E-state index contributed by atoms with van der Waals surface area (Å²) in [5.41, 5.74) is 5.15. The Hall–Kier alpha value is -4.66. The molecule has 5 rings (SSSR count). The molecule has 0 atom stereocenters. The molecule has 0 aliphatic rings. The Morgan fingerprint density at radius 1 is 1.03 bits per heavy atom. The Morgan fingerprint density at radius 3 is 2.55 bits per heavy atom. The van der Waals surface area contributed by atoms with Gasteiger partial charge >= 0.3 is 0 Å². The maximum absolute atomic E-state index is 13.8. The van der Waals surface area contributed by atoms with Crippen LogP contribution in [0.15, 0.2) is 77.9 Å². The van der Waals surface area contributed by atoms with E-state index in [2.05, 4.69) is 25.6 Å². The van der Waals surface area contributed by atoms with Crippen molar-refractivity contribution in [1.82, 2.24) is 24.8 Å². The summed E-state index contributed by atoms with van der Waals surface area (Å²) in [6.45, 7) is 1.91. The molecule has 3 heterocycles. The highest BCUT2D eigenvalue weighted by Crippen LogP contribution is 2.26. The minimum atomic E-state index is -0.547. The number of halogens is 1. The summed E-state index contributed by atoms with van der Waals surface area (Å²) in [6.07, 6.45) is 2.97. The molecule has 0 aliphatic carbocycles. The maximum Gasteiger partial charge on any atom is 0.298 e. The van der Waals surface area contributed by atoms with Crippen molar-refractivity contribution >= 4 is 16.9 Å². The van der Waals surface area contributed by atoms with Crippen molar-refractivity contribution < 1.29 is 9.18 Å². The molecule has 2 aromatic carbocycles. The van der Waals surface area contributed by atoms with Crippen LogP contribution in [0.25, 0.3) is 33.7 Å². The van der Waals surface area contributed by atoms with Crippen molar-refractivity contribution in [2.75, 3.05) is 5.43 Å². The van der Waals surface area contributed by atoms with Gasteiger partial charge in [0.2, 0.25) is 0 Å². The zero-order chi connectivity index (χ0) is 22.9. The highest BCUT2D eigenvalue weighted by atomic mass is 19.1. The molecule has 8 nitrogen and oxygen atoms in total. The number of hydrogen-bond acceptors (Lipinski definition) is 5. The van der Waals surface area contributed by atoms with E-state index in [1.54, 1.807) is 18.2 Å². The van der Waals surface area contributed by atoms with Crippen molar-refractivity contribution in [3.63, 3.8) is 0 Å². The van der Waals surface area contributed by atoms with E-state index in [-0.39, 0.29) is 16.9 Å². The number of nitrogens with one attached hydrogen (secondary N) is 2. The second-order valence-corrected chi connectivity index (χ2v) is 7.43. The molecule has 3 aromatic heterocycles. The smallest absolute Gasteiger partial charge is 0.270 e. The van der Waals surface area contributed by atoms with E-state index in [1.165, 1.54) is 36.7 Å². The molecule has 0 radical (unpaired) electrons. The van der Waals surface area contributed by atoms with E-state index in [1.807, 2.05) is 25.1 Å². The number of amides is 1. The van der Waals surface area contributed by atoms with Gasteiger partial charge in [0.1, 0.15) is 17.0 Å². The topological polar surface area (TPSA) is 106 Å². The fourth-order valence-electron chi connectivity index (χ4n) is 3.55. The van der Waals surface area contributed by atoms with Crippen LogP contribution in [0.1, 0.15) is 15.9 Å². The SMILES string of the molecule is Cc1cccc(-c2nc3c(-c4cccc(F)c4)n[nH]c3c(=O)n2NC(=O)c2ccncc2)c1. The molecule has 0 saturated carbocycles. The lowest BCUT2D eigenvalue weighted by atomic mass is 10.1. The van der Waals surface area contributed by atoms with Gasteiger partial charge in [-0.05, 0) is 37.3 Å². The molecule has 0 unspecified atom stereocenters. The summed E-state index contributed by atoms with van der Waals surface area (Å²) < 4.78 is 14.9. The van der Waals surface area contributed by atoms with Crippen LogP contribution in [-0.4, -0.2) is 30.7 Å². The number of H-pyrrole nitrogens is 1. The normalized spacial score (nSPS) is 11.0. The second kappa shape index (κ2) is 8.12. The lowest BCUT2D eigenvalue weighted by Gasteiger charge is -2.14. The van der Waals surface area contributed by atoms with Gasteiger partial charge in [-0.15, -0.1) is 0 Å². The first-order chi connectivity index (χ1) is 16.0. The van der Waals surface area contributed by atoms with Gasteiger partial charge in [0, 0.05) is 29.1 Å². The first-order valence-corrected chi connectivity index (χ1v) is 10.1. The Kier molecular flexibility index (Phi) is 4.98. The highest BCUT2D eigenvalue weighted by Gasteiger charge is 2.20. The number of pyridine rings is 1. The molecule has 1 amide bonds. The van der Waals surface area contributed by atoms with Crippen molar-refractivity contribution in [3.05, 3.63) is 100 Å². The number of nitrogens with zero attached hydrogens (tertiary/aromatic N) is 4. The van der Waals surface area contributed by atoms with E-state index in [0.29, 0.717) is 22.4 Å². The minimum absolute atomic E-state index is 0.0840. The van der Waals surface area contributed by atoms with Gasteiger partial charge < -0.3 is 0 Å². The molecule has 9 heteroatoms. The third-order valence-electron chi connectivity index (χ3n) is 5.12. The zero-order valence-corrected chi connectivity index (χ0v) is 17.4. The Morgan fingerprint density at radius 2 is 1.79 bits per heavy atom. The summed E-state index contributed by atoms with van der Waals surface area (Å²) in [7, 11) is 0. The first kappa shape index (κ1) is 20.3. The number of aromatic amines is 1. The van der Waals surface area contributed by atoms with Crippen molar-refractivity contribution in [2.24, 2.45) is 0 Å². The van der Waals surface area contributed by atoms with Gasteiger partial charge in [-0.1, -0.05) is 35.9 Å². The van der Waals surface area contributed by atoms with E-state index in [0.717, 1.165) is 10.2 Å². The van der Waals surface area contributed by atoms with Gasteiger partial charge in [-0.2, -0.15) is 9.77 Å². The average molecular weight is 440 g/mol. The van der Waals surface area contributed by atoms with Gasteiger partial charge in [0.15, 0.2) is 11.3 Å². The average Bonchev–Trinajstić information content (AvgIpc) is 3.25. The Labute approximate surface area is 186 Å². The molecule has 2 N–H and O–H groups in total. The Bertz CT molecular complexity index is 1560. The molecule has 162 valence electrons. The molecule has 0 bridgehead atoms. The predicted molar refractivity (Wildman–Crippen MR) is 122 cm³/mol. The van der Waals surface area contributed by atoms with E-state index >= 15 is 0 Å². The molecule has 0 saturated heterocycles. The number of fused-ring (bicyclic) bond motifs is 1. The number of hydrogen-bond donors (Lipinski definition) is 2. The van der Waals surface area contributed by atoms with Crippen molar-refractivity contribution in [2.45, 2.75) is 6.92 Å². The van der Waals surface area contributed by atoms with Crippen LogP contribution in [-0.2, 0) is 0 Å². The van der Waals surface area contributed by atoms with Gasteiger partial charge in [0.05, 0.1) is 0 Å². The minimum Gasteiger partial charge on any atom is -0.270 e. The quantitative estimate of drug-likeness (QED) is 0.444. The largest absolute Gasteiger partial charge is 0.298 e. The second-order valence-electron chi connectivity index (χ2n) is 7.43. The predicted octanol–water partition coefficient (Wildman–Crippen LogP) is 3.68. The first-order valence-electron chi connectivity index (χ1n) is 10.1. The molecule has 33 heavy (non-hydrogen) atoms. The van der Waals surface area contributed by atoms with Crippen LogP contribution in [0.4, 0.5) is 4.39 Å². The van der Waals surface area contributed by atoms with Crippen LogP contribution < -0.4 is 11.0 Å². The van der Waals surface area contributed by atoms with Gasteiger partial charge in [-0.25, -0.2) is 9.37 Å². The molecule has 0 aliphatic heterocycles.